The van der Waals surface area contributed by atoms with Gasteiger partial charge in [-0.15, -0.1) is 0 Å². The summed E-state index contributed by atoms with van der Waals surface area (Å²) in [6, 6.07) is -0.534. The van der Waals surface area contributed by atoms with E-state index < -0.39 is 41.8 Å². The molecule has 0 spiro atoms. The van der Waals surface area contributed by atoms with Crippen molar-refractivity contribution in [2.24, 2.45) is 5.73 Å². The summed E-state index contributed by atoms with van der Waals surface area (Å²) in [5.74, 6) is -0.831. The molecule has 1 aliphatic rings. The molecule has 0 aliphatic carbocycles. The summed E-state index contributed by atoms with van der Waals surface area (Å²) in [5.41, 5.74) is 5.52. The average Bonchev–Trinajstić information content (AvgIpc) is 2.69. The maximum atomic E-state index is 11.7. The third kappa shape index (κ3) is 6.00. The van der Waals surface area contributed by atoms with Crippen LogP contribution in [0.2, 0.25) is 0 Å². The van der Waals surface area contributed by atoms with Crippen LogP contribution in [0.25, 0.3) is 0 Å². The molecule has 0 saturated carbocycles. The van der Waals surface area contributed by atoms with Crippen molar-refractivity contribution < 1.29 is 24.1 Å². The number of nitrogens with two attached hydrogens (primary N) is 1. The molecular formula is C14H27BrN2O5. The molecule has 1 fully saturated rings. The summed E-state index contributed by atoms with van der Waals surface area (Å²) >= 11 is 3.22. The molecule has 0 unspecified atom stereocenters. The van der Waals surface area contributed by atoms with Gasteiger partial charge in [-0.05, 0) is 34.6 Å². The molecule has 1 aliphatic heterocycles. The number of halogens is 1. The van der Waals surface area contributed by atoms with Crippen LogP contribution in [0.3, 0.4) is 0 Å². The van der Waals surface area contributed by atoms with E-state index in [2.05, 4.69) is 21.2 Å². The third-order valence-corrected chi connectivity index (χ3v) is 3.67. The molecule has 4 N–H and O–H groups in total. The molecule has 0 aromatic rings. The summed E-state index contributed by atoms with van der Waals surface area (Å²) in [4.78, 5) is 11.7. The SMILES string of the molecule is CC(C)(C)OC(=O)NC[C@@H](N)[C@H]1OC(C)(C)O[C@@H]1[C@H](O)CBr. The number of rotatable bonds is 5. The first-order valence-electron chi connectivity index (χ1n) is 7.27. The molecule has 1 saturated heterocycles. The van der Waals surface area contributed by atoms with Gasteiger partial charge in [0.05, 0.1) is 12.1 Å². The Hall–Kier alpha value is -0.410. The van der Waals surface area contributed by atoms with E-state index in [-0.39, 0.29) is 6.54 Å². The summed E-state index contributed by atoms with van der Waals surface area (Å²) < 4.78 is 16.6. The van der Waals surface area contributed by atoms with E-state index >= 15 is 0 Å². The first-order valence-corrected chi connectivity index (χ1v) is 8.39. The standard InChI is InChI=1S/C14H27BrN2O5/c1-13(2,3)22-12(19)17-7-8(16)10-11(9(18)6-15)21-14(4,5)20-10/h8-11,18H,6-7,16H2,1-5H3,(H,17,19)/t8-,9-,10-,11-/m1/s1. The minimum atomic E-state index is -0.831. The molecule has 0 radical (unpaired) electrons. The number of ether oxygens (including phenoxy) is 3. The van der Waals surface area contributed by atoms with Gasteiger partial charge in [-0.1, -0.05) is 15.9 Å². The minimum absolute atomic E-state index is 0.157. The van der Waals surface area contributed by atoms with Crippen LogP contribution in [0.15, 0.2) is 0 Å². The Morgan fingerprint density at radius 3 is 2.45 bits per heavy atom. The Labute approximate surface area is 140 Å². The lowest BCUT2D eigenvalue weighted by molar-refractivity contribution is -0.154. The van der Waals surface area contributed by atoms with Crippen LogP contribution >= 0.6 is 15.9 Å². The Bertz CT molecular complexity index is 386. The lowest BCUT2D eigenvalue weighted by Gasteiger charge is -2.26. The Balaban J connectivity index is 2.59. The summed E-state index contributed by atoms with van der Waals surface area (Å²) in [7, 11) is 0. The van der Waals surface area contributed by atoms with Crippen molar-refractivity contribution in [1.82, 2.24) is 5.32 Å². The molecule has 0 bridgehead atoms. The van der Waals surface area contributed by atoms with Gasteiger partial charge >= 0.3 is 6.09 Å². The zero-order valence-electron chi connectivity index (χ0n) is 13.8. The first-order chi connectivity index (χ1) is 9.95. The first kappa shape index (κ1) is 19.6. The van der Waals surface area contributed by atoms with Gasteiger partial charge in [-0.2, -0.15) is 0 Å². The molecule has 7 nitrogen and oxygen atoms in total. The number of aliphatic hydroxyl groups excluding tert-OH is 1. The van der Waals surface area contributed by atoms with Crippen molar-refractivity contribution >= 4 is 22.0 Å². The van der Waals surface area contributed by atoms with Gasteiger partial charge in [-0.25, -0.2) is 4.79 Å². The van der Waals surface area contributed by atoms with E-state index in [0.29, 0.717) is 5.33 Å². The number of nitrogens with one attached hydrogen (secondary N) is 1. The van der Waals surface area contributed by atoms with E-state index in [1.165, 1.54) is 0 Å². The highest BCUT2D eigenvalue weighted by Crippen LogP contribution is 2.31. The largest absolute Gasteiger partial charge is 0.444 e. The Morgan fingerprint density at radius 1 is 1.41 bits per heavy atom. The second kappa shape index (κ2) is 7.44. The molecular weight excluding hydrogens is 356 g/mol. The number of aliphatic hydroxyl groups is 1. The van der Waals surface area contributed by atoms with E-state index in [9.17, 15) is 9.90 Å². The van der Waals surface area contributed by atoms with Gasteiger partial charge in [0, 0.05) is 11.9 Å². The highest BCUT2D eigenvalue weighted by Gasteiger charge is 2.47. The van der Waals surface area contributed by atoms with E-state index in [0.717, 1.165) is 0 Å². The fourth-order valence-corrected chi connectivity index (χ4v) is 2.53. The zero-order valence-corrected chi connectivity index (χ0v) is 15.3. The number of alkyl halides is 1. The van der Waals surface area contributed by atoms with Crippen molar-refractivity contribution in [2.45, 2.75) is 70.4 Å². The van der Waals surface area contributed by atoms with Crippen molar-refractivity contribution in [1.29, 1.82) is 0 Å². The Kier molecular flexibility index (Phi) is 6.64. The van der Waals surface area contributed by atoms with Crippen molar-refractivity contribution in [3.63, 3.8) is 0 Å². The smallest absolute Gasteiger partial charge is 0.407 e. The molecule has 1 amide bonds. The summed E-state index contributed by atoms with van der Waals surface area (Å²) in [6.07, 6.45) is -2.39. The van der Waals surface area contributed by atoms with Crippen LogP contribution in [-0.4, -0.2) is 58.8 Å². The third-order valence-electron chi connectivity index (χ3n) is 3.00. The van der Waals surface area contributed by atoms with Gasteiger partial charge in [0.25, 0.3) is 0 Å². The van der Waals surface area contributed by atoms with Gasteiger partial charge in [0.15, 0.2) is 5.79 Å². The van der Waals surface area contributed by atoms with E-state index in [1.807, 2.05) is 0 Å². The normalized spacial score (nSPS) is 27.3. The van der Waals surface area contributed by atoms with Gasteiger partial charge in [0.2, 0.25) is 0 Å². The lowest BCUT2D eigenvalue weighted by atomic mass is 10.0. The summed E-state index contributed by atoms with van der Waals surface area (Å²) in [5, 5.41) is 13.0. The van der Waals surface area contributed by atoms with Crippen molar-refractivity contribution in [2.75, 3.05) is 11.9 Å². The van der Waals surface area contributed by atoms with Crippen LogP contribution < -0.4 is 11.1 Å². The average molecular weight is 383 g/mol. The number of alkyl carbamates (subject to hydrolysis) is 1. The topological polar surface area (TPSA) is 103 Å². The zero-order chi connectivity index (χ0) is 17.1. The highest BCUT2D eigenvalue weighted by molar-refractivity contribution is 9.09. The fourth-order valence-electron chi connectivity index (χ4n) is 2.17. The number of carbonyl (C=O) groups is 1. The van der Waals surface area contributed by atoms with Crippen molar-refractivity contribution in [3.05, 3.63) is 0 Å². The van der Waals surface area contributed by atoms with E-state index in [4.69, 9.17) is 19.9 Å². The molecule has 1 heterocycles. The van der Waals surface area contributed by atoms with Crippen LogP contribution in [0.5, 0.6) is 0 Å². The van der Waals surface area contributed by atoms with Crippen LogP contribution in [0.1, 0.15) is 34.6 Å². The number of hydrogen-bond acceptors (Lipinski definition) is 6. The highest BCUT2D eigenvalue weighted by atomic mass is 79.9. The van der Waals surface area contributed by atoms with Crippen molar-refractivity contribution in [3.8, 4) is 0 Å². The number of amides is 1. The molecule has 4 atom stereocenters. The monoisotopic (exact) mass is 382 g/mol. The fraction of sp³-hybridized carbons (Fsp3) is 0.929. The van der Waals surface area contributed by atoms with Crippen LogP contribution in [0, 0.1) is 0 Å². The number of hydrogen-bond donors (Lipinski definition) is 3. The van der Waals surface area contributed by atoms with Gasteiger partial charge in [-0.3, -0.25) is 0 Å². The quantitative estimate of drug-likeness (QED) is 0.615. The lowest BCUT2D eigenvalue weighted by Crippen LogP contribution is -2.52. The second-order valence-electron chi connectivity index (χ2n) is 6.83. The summed E-state index contributed by atoms with van der Waals surface area (Å²) in [6.45, 7) is 9.02. The second-order valence-corrected chi connectivity index (χ2v) is 7.48. The molecule has 8 heteroatoms. The van der Waals surface area contributed by atoms with Crippen LogP contribution in [-0.2, 0) is 14.2 Å². The Morgan fingerprint density at radius 2 is 1.95 bits per heavy atom. The maximum Gasteiger partial charge on any atom is 0.407 e. The van der Waals surface area contributed by atoms with E-state index in [1.54, 1.807) is 34.6 Å². The van der Waals surface area contributed by atoms with Crippen LogP contribution in [0.4, 0.5) is 4.79 Å². The molecule has 0 aromatic carbocycles. The molecule has 22 heavy (non-hydrogen) atoms. The minimum Gasteiger partial charge on any atom is -0.444 e. The number of carbonyl (C=O) groups excluding carboxylic acids is 1. The maximum absolute atomic E-state index is 11.7. The predicted molar refractivity (Wildman–Crippen MR) is 85.8 cm³/mol. The van der Waals surface area contributed by atoms with Gasteiger partial charge in [0.1, 0.15) is 17.8 Å². The molecule has 130 valence electrons. The predicted octanol–water partition coefficient (Wildman–Crippen LogP) is 1.11. The van der Waals surface area contributed by atoms with Gasteiger partial charge < -0.3 is 30.4 Å². The molecule has 0 aromatic heterocycles. The molecule has 1 rings (SSSR count).